The summed E-state index contributed by atoms with van der Waals surface area (Å²) in [5.74, 6) is 0.751. The molecule has 1 N–H and O–H groups in total. The summed E-state index contributed by atoms with van der Waals surface area (Å²) < 4.78 is 10.3. The van der Waals surface area contributed by atoms with Crippen LogP contribution >= 0.6 is 0 Å². The lowest BCUT2D eigenvalue weighted by Crippen LogP contribution is -2.32. The SMILES string of the molecule is CCC(Oc1ccccc1C)C(=O)Nc1nonc1C. The molecule has 0 saturated carbocycles. The van der Waals surface area contributed by atoms with Crippen LogP contribution in [0.5, 0.6) is 5.75 Å². The molecule has 0 aliphatic heterocycles. The maximum Gasteiger partial charge on any atom is 0.266 e. The summed E-state index contributed by atoms with van der Waals surface area (Å²) in [5, 5.41) is 9.88. The molecule has 1 unspecified atom stereocenters. The molecule has 2 aromatic rings. The van der Waals surface area contributed by atoms with Gasteiger partial charge in [-0.15, -0.1) is 0 Å². The summed E-state index contributed by atoms with van der Waals surface area (Å²) in [7, 11) is 0. The van der Waals surface area contributed by atoms with Crippen molar-refractivity contribution < 1.29 is 14.2 Å². The van der Waals surface area contributed by atoms with Crippen molar-refractivity contribution in [1.82, 2.24) is 10.3 Å². The molecule has 0 aliphatic rings. The molecule has 6 nitrogen and oxygen atoms in total. The number of ether oxygens (including phenoxy) is 1. The average Bonchev–Trinajstić information content (AvgIpc) is 2.83. The van der Waals surface area contributed by atoms with E-state index in [1.165, 1.54) is 0 Å². The van der Waals surface area contributed by atoms with Crippen molar-refractivity contribution in [2.75, 3.05) is 5.32 Å². The van der Waals surface area contributed by atoms with Gasteiger partial charge in [0.15, 0.2) is 11.9 Å². The molecule has 0 spiro atoms. The van der Waals surface area contributed by atoms with Crippen molar-refractivity contribution in [3.05, 3.63) is 35.5 Å². The molecule has 20 heavy (non-hydrogen) atoms. The Morgan fingerprint density at radius 3 is 2.70 bits per heavy atom. The lowest BCUT2D eigenvalue weighted by Gasteiger charge is -2.17. The second-order valence-electron chi connectivity index (χ2n) is 4.47. The van der Waals surface area contributed by atoms with Gasteiger partial charge in [-0.2, -0.15) is 0 Å². The number of aryl methyl sites for hydroxylation is 2. The second kappa shape index (κ2) is 6.18. The van der Waals surface area contributed by atoms with E-state index in [4.69, 9.17) is 4.74 Å². The number of nitrogens with zero attached hydrogens (tertiary/aromatic N) is 2. The monoisotopic (exact) mass is 275 g/mol. The van der Waals surface area contributed by atoms with E-state index in [9.17, 15) is 4.79 Å². The second-order valence-corrected chi connectivity index (χ2v) is 4.47. The molecule has 0 bridgehead atoms. The zero-order valence-corrected chi connectivity index (χ0v) is 11.7. The van der Waals surface area contributed by atoms with E-state index in [-0.39, 0.29) is 5.91 Å². The lowest BCUT2D eigenvalue weighted by atomic mass is 10.2. The highest BCUT2D eigenvalue weighted by Crippen LogP contribution is 2.19. The topological polar surface area (TPSA) is 77.2 Å². The largest absolute Gasteiger partial charge is 0.480 e. The van der Waals surface area contributed by atoms with Crippen molar-refractivity contribution in [2.45, 2.75) is 33.3 Å². The van der Waals surface area contributed by atoms with Crippen LogP contribution in [0, 0.1) is 13.8 Å². The molecule has 1 atom stereocenters. The number of rotatable bonds is 5. The predicted molar refractivity (Wildman–Crippen MR) is 73.6 cm³/mol. The smallest absolute Gasteiger partial charge is 0.266 e. The Balaban J connectivity index is 2.07. The fraction of sp³-hybridized carbons (Fsp3) is 0.357. The molecule has 1 heterocycles. The maximum absolute atomic E-state index is 12.2. The third-order valence-electron chi connectivity index (χ3n) is 2.92. The first kappa shape index (κ1) is 14.0. The van der Waals surface area contributed by atoms with Crippen molar-refractivity contribution in [2.24, 2.45) is 0 Å². The van der Waals surface area contributed by atoms with Crippen LogP contribution in [0.2, 0.25) is 0 Å². The Hall–Kier alpha value is -2.37. The number of carbonyl (C=O) groups excluding carboxylic acids is 1. The summed E-state index contributed by atoms with van der Waals surface area (Å²) >= 11 is 0. The molecule has 0 fully saturated rings. The first-order valence-corrected chi connectivity index (χ1v) is 6.44. The minimum absolute atomic E-state index is 0.269. The number of aromatic nitrogens is 2. The Labute approximate surface area is 117 Å². The van der Waals surface area contributed by atoms with Crippen LogP contribution in [-0.4, -0.2) is 22.3 Å². The number of nitrogens with one attached hydrogen (secondary N) is 1. The molecule has 0 saturated heterocycles. The maximum atomic E-state index is 12.2. The van der Waals surface area contributed by atoms with E-state index in [2.05, 4.69) is 20.3 Å². The number of anilines is 1. The Morgan fingerprint density at radius 2 is 2.10 bits per heavy atom. The van der Waals surface area contributed by atoms with E-state index in [0.717, 1.165) is 5.56 Å². The van der Waals surface area contributed by atoms with Crippen LogP contribution in [0.4, 0.5) is 5.82 Å². The van der Waals surface area contributed by atoms with Gasteiger partial charge in [0.1, 0.15) is 11.4 Å². The number of para-hydroxylation sites is 1. The number of carbonyl (C=O) groups is 1. The van der Waals surface area contributed by atoms with Gasteiger partial charge >= 0.3 is 0 Å². The number of benzene rings is 1. The van der Waals surface area contributed by atoms with Gasteiger partial charge in [0, 0.05) is 0 Å². The van der Waals surface area contributed by atoms with E-state index in [1.54, 1.807) is 6.92 Å². The van der Waals surface area contributed by atoms with E-state index in [1.807, 2.05) is 38.1 Å². The summed E-state index contributed by atoms with van der Waals surface area (Å²) in [4.78, 5) is 12.2. The average molecular weight is 275 g/mol. The van der Waals surface area contributed by atoms with Crippen molar-refractivity contribution in [3.63, 3.8) is 0 Å². The standard InChI is InChI=1S/C14H17N3O3/c1-4-11(19-12-8-6-5-7-9(12)2)14(18)15-13-10(3)16-20-17-13/h5-8,11H,4H2,1-3H3,(H,15,17,18). The van der Waals surface area contributed by atoms with Gasteiger partial charge in [-0.25, -0.2) is 4.63 Å². The number of amides is 1. The fourth-order valence-electron chi connectivity index (χ4n) is 1.71. The lowest BCUT2D eigenvalue weighted by molar-refractivity contribution is -0.122. The molecule has 1 aromatic carbocycles. The van der Waals surface area contributed by atoms with Crippen LogP contribution in [0.1, 0.15) is 24.6 Å². The van der Waals surface area contributed by atoms with Crippen LogP contribution in [0.25, 0.3) is 0 Å². The van der Waals surface area contributed by atoms with Gasteiger partial charge < -0.3 is 10.1 Å². The van der Waals surface area contributed by atoms with Crippen molar-refractivity contribution in [1.29, 1.82) is 0 Å². The van der Waals surface area contributed by atoms with Gasteiger partial charge in [-0.3, -0.25) is 4.79 Å². The molecule has 0 aliphatic carbocycles. The molecular formula is C14H17N3O3. The van der Waals surface area contributed by atoms with Crippen molar-refractivity contribution >= 4 is 11.7 Å². The summed E-state index contributed by atoms with van der Waals surface area (Å²) in [5.41, 5.74) is 1.52. The van der Waals surface area contributed by atoms with Gasteiger partial charge in [0.25, 0.3) is 5.91 Å². The summed E-state index contributed by atoms with van der Waals surface area (Å²) in [6.45, 7) is 5.53. The number of hydrogen-bond donors (Lipinski definition) is 1. The van der Waals surface area contributed by atoms with Crippen LogP contribution in [0.3, 0.4) is 0 Å². The molecule has 6 heteroatoms. The van der Waals surface area contributed by atoms with Crippen LogP contribution < -0.4 is 10.1 Å². The van der Waals surface area contributed by atoms with E-state index in [0.29, 0.717) is 23.7 Å². The Bertz CT molecular complexity index is 595. The van der Waals surface area contributed by atoms with Crippen LogP contribution in [-0.2, 0) is 4.79 Å². The highest BCUT2D eigenvalue weighted by Gasteiger charge is 2.21. The minimum atomic E-state index is -0.591. The molecule has 1 amide bonds. The van der Waals surface area contributed by atoms with Gasteiger partial charge in [0.2, 0.25) is 0 Å². The Morgan fingerprint density at radius 1 is 1.35 bits per heavy atom. The summed E-state index contributed by atoms with van der Waals surface area (Å²) in [6.07, 6.45) is -0.0444. The Kier molecular flexibility index (Phi) is 4.34. The van der Waals surface area contributed by atoms with Gasteiger partial charge in [-0.1, -0.05) is 30.3 Å². The third kappa shape index (κ3) is 3.14. The first-order chi connectivity index (χ1) is 9.61. The highest BCUT2D eigenvalue weighted by molar-refractivity contribution is 5.93. The van der Waals surface area contributed by atoms with Crippen LogP contribution in [0.15, 0.2) is 28.9 Å². The van der Waals surface area contributed by atoms with E-state index < -0.39 is 6.10 Å². The molecule has 1 aromatic heterocycles. The quantitative estimate of drug-likeness (QED) is 0.907. The van der Waals surface area contributed by atoms with E-state index >= 15 is 0 Å². The molecule has 2 rings (SSSR count). The minimum Gasteiger partial charge on any atom is -0.480 e. The zero-order valence-electron chi connectivity index (χ0n) is 11.7. The first-order valence-electron chi connectivity index (χ1n) is 6.44. The van der Waals surface area contributed by atoms with Gasteiger partial charge in [-0.05, 0) is 37.1 Å². The zero-order chi connectivity index (χ0) is 14.5. The molecule has 0 radical (unpaired) electrons. The third-order valence-corrected chi connectivity index (χ3v) is 2.92. The fourth-order valence-corrected chi connectivity index (χ4v) is 1.71. The summed E-state index contributed by atoms with van der Waals surface area (Å²) in [6, 6.07) is 7.58. The molecular weight excluding hydrogens is 258 g/mol. The highest BCUT2D eigenvalue weighted by atomic mass is 16.6. The van der Waals surface area contributed by atoms with Gasteiger partial charge in [0.05, 0.1) is 0 Å². The van der Waals surface area contributed by atoms with Crippen molar-refractivity contribution in [3.8, 4) is 5.75 Å². The molecule has 106 valence electrons. The predicted octanol–water partition coefficient (Wildman–Crippen LogP) is 2.48. The number of hydrogen-bond acceptors (Lipinski definition) is 5. The normalized spacial score (nSPS) is 11.9.